The molecule has 0 fully saturated rings. The Kier molecular flexibility index (Phi) is 6.64. The second kappa shape index (κ2) is 8.96. The van der Waals surface area contributed by atoms with E-state index in [1.807, 2.05) is 13.0 Å². The summed E-state index contributed by atoms with van der Waals surface area (Å²) >= 11 is 1.27. The first-order valence-electron chi connectivity index (χ1n) is 7.22. The van der Waals surface area contributed by atoms with Crippen LogP contribution in [-0.2, 0) is 16.1 Å². The zero-order valence-electron chi connectivity index (χ0n) is 12.7. The van der Waals surface area contributed by atoms with Gasteiger partial charge in [0.2, 0.25) is 11.0 Å². The van der Waals surface area contributed by atoms with E-state index in [9.17, 15) is 9.59 Å². The lowest BCUT2D eigenvalue weighted by Gasteiger charge is -2.04. The maximum atomic E-state index is 11.8. The molecule has 2 aromatic rings. The Balaban J connectivity index is 1.71. The first kappa shape index (κ1) is 17.0. The molecule has 23 heavy (non-hydrogen) atoms. The molecule has 0 aliphatic heterocycles. The molecule has 122 valence electrons. The summed E-state index contributed by atoms with van der Waals surface area (Å²) in [5.41, 5.74) is 0.567. The number of hydrogen-bond donors (Lipinski definition) is 2. The van der Waals surface area contributed by atoms with Gasteiger partial charge in [0.1, 0.15) is 11.6 Å². The van der Waals surface area contributed by atoms with Crippen LogP contribution in [0.25, 0.3) is 0 Å². The molecule has 0 saturated carbocycles. The van der Waals surface area contributed by atoms with Crippen LogP contribution in [0, 0.1) is 0 Å². The van der Waals surface area contributed by atoms with Gasteiger partial charge in [-0.3, -0.25) is 9.59 Å². The lowest BCUT2D eigenvalue weighted by atomic mass is 10.2. The normalized spacial score (nSPS) is 10.3. The van der Waals surface area contributed by atoms with Gasteiger partial charge >= 0.3 is 0 Å². The highest BCUT2D eigenvalue weighted by Gasteiger charge is 2.09. The fourth-order valence-corrected chi connectivity index (χ4v) is 2.41. The number of rotatable bonds is 8. The maximum absolute atomic E-state index is 11.8. The monoisotopic (exact) mass is 334 g/mol. The van der Waals surface area contributed by atoms with Gasteiger partial charge in [0.15, 0.2) is 0 Å². The molecular weight excluding hydrogens is 316 g/mol. The van der Waals surface area contributed by atoms with Crippen molar-refractivity contribution >= 4 is 28.3 Å². The molecular formula is C15H18N4O3S. The number of nitrogens with one attached hydrogen (secondary N) is 2. The summed E-state index contributed by atoms with van der Waals surface area (Å²) in [5, 5.41) is 14.3. The van der Waals surface area contributed by atoms with E-state index in [-0.39, 0.29) is 24.8 Å². The van der Waals surface area contributed by atoms with Crippen molar-refractivity contribution in [1.29, 1.82) is 0 Å². The van der Waals surface area contributed by atoms with E-state index in [4.69, 9.17) is 4.74 Å². The molecule has 2 rings (SSSR count). The number of amides is 2. The van der Waals surface area contributed by atoms with Crippen molar-refractivity contribution in [3.63, 3.8) is 0 Å². The van der Waals surface area contributed by atoms with Crippen LogP contribution in [0.4, 0.5) is 5.13 Å². The SMILES string of the molecule is CCOCc1nnc(NC(=O)CCNC(=O)c2ccccc2)s1. The molecule has 2 amide bonds. The van der Waals surface area contributed by atoms with Crippen molar-refractivity contribution < 1.29 is 14.3 Å². The molecule has 0 aliphatic carbocycles. The van der Waals surface area contributed by atoms with Crippen LogP contribution in [-0.4, -0.2) is 35.2 Å². The van der Waals surface area contributed by atoms with Crippen molar-refractivity contribution in [3.8, 4) is 0 Å². The second-order valence-corrected chi connectivity index (χ2v) is 5.62. The molecule has 1 aromatic carbocycles. The Morgan fingerprint density at radius 2 is 2.00 bits per heavy atom. The predicted molar refractivity (Wildman–Crippen MR) is 87.3 cm³/mol. The first-order valence-corrected chi connectivity index (χ1v) is 8.04. The van der Waals surface area contributed by atoms with E-state index in [0.29, 0.717) is 28.9 Å². The first-order chi connectivity index (χ1) is 11.2. The quantitative estimate of drug-likeness (QED) is 0.768. The largest absolute Gasteiger partial charge is 0.374 e. The highest BCUT2D eigenvalue weighted by atomic mass is 32.1. The molecule has 0 radical (unpaired) electrons. The lowest BCUT2D eigenvalue weighted by molar-refractivity contribution is -0.116. The van der Waals surface area contributed by atoms with Crippen LogP contribution in [0.15, 0.2) is 30.3 Å². The van der Waals surface area contributed by atoms with E-state index in [0.717, 1.165) is 0 Å². The van der Waals surface area contributed by atoms with Gasteiger partial charge in [-0.15, -0.1) is 10.2 Å². The predicted octanol–water partition coefficient (Wildman–Crippen LogP) is 1.83. The summed E-state index contributed by atoms with van der Waals surface area (Å²) in [7, 11) is 0. The van der Waals surface area contributed by atoms with Gasteiger partial charge in [0, 0.05) is 25.1 Å². The van der Waals surface area contributed by atoms with Crippen LogP contribution in [0.2, 0.25) is 0 Å². The van der Waals surface area contributed by atoms with Crippen LogP contribution < -0.4 is 10.6 Å². The summed E-state index contributed by atoms with van der Waals surface area (Å²) in [6, 6.07) is 8.85. The fourth-order valence-electron chi connectivity index (χ4n) is 1.71. The molecule has 0 spiro atoms. The van der Waals surface area contributed by atoms with E-state index in [1.165, 1.54) is 11.3 Å². The summed E-state index contributed by atoms with van der Waals surface area (Å²) in [6.07, 6.45) is 0.166. The standard InChI is InChI=1S/C15H18N4O3S/c1-2-22-10-13-18-19-15(23-13)17-12(20)8-9-16-14(21)11-6-4-3-5-7-11/h3-7H,2,8-10H2,1H3,(H,16,21)(H,17,19,20). The second-order valence-electron chi connectivity index (χ2n) is 4.56. The van der Waals surface area contributed by atoms with E-state index in [2.05, 4.69) is 20.8 Å². The number of aromatic nitrogens is 2. The van der Waals surface area contributed by atoms with E-state index >= 15 is 0 Å². The van der Waals surface area contributed by atoms with Crippen LogP contribution in [0.3, 0.4) is 0 Å². The molecule has 2 N–H and O–H groups in total. The zero-order valence-corrected chi connectivity index (χ0v) is 13.6. The molecule has 1 aromatic heterocycles. The summed E-state index contributed by atoms with van der Waals surface area (Å²) in [5.74, 6) is -0.425. The smallest absolute Gasteiger partial charge is 0.251 e. The number of carbonyl (C=O) groups is 2. The van der Waals surface area contributed by atoms with Gasteiger partial charge in [0.25, 0.3) is 5.91 Å². The molecule has 0 atom stereocenters. The molecule has 0 saturated heterocycles. The molecule has 0 unspecified atom stereocenters. The van der Waals surface area contributed by atoms with Crippen molar-refractivity contribution in [2.75, 3.05) is 18.5 Å². The van der Waals surface area contributed by atoms with Crippen LogP contribution >= 0.6 is 11.3 Å². The molecule has 0 aliphatic rings. The van der Waals surface area contributed by atoms with Crippen LogP contribution in [0.1, 0.15) is 28.7 Å². The van der Waals surface area contributed by atoms with Crippen molar-refractivity contribution in [2.45, 2.75) is 20.0 Å². The van der Waals surface area contributed by atoms with Crippen LogP contribution in [0.5, 0.6) is 0 Å². The van der Waals surface area contributed by atoms with E-state index in [1.54, 1.807) is 24.3 Å². The summed E-state index contributed by atoms with van der Waals surface area (Å²) < 4.78 is 5.22. The molecule has 7 nitrogen and oxygen atoms in total. The highest BCUT2D eigenvalue weighted by Crippen LogP contribution is 2.15. The summed E-state index contributed by atoms with van der Waals surface area (Å²) in [6.45, 7) is 3.14. The van der Waals surface area contributed by atoms with Gasteiger partial charge in [0.05, 0.1) is 0 Å². The van der Waals surface area contributed by atoms with Crippen molar-refractivity contribution in [2.24, 2.45) is 0 Å². The number of ether oxygens (including phenoxy) is 1. The number of carbonyl (C=O) groups excluding carboxylic acids is 2. The highest BCUT2D eigenvalue weighted by molar-refractivity contribution is 7.15. The number of benzene rings is 1. The Morgan fingerprint density at radius 3 is 2.74 bits per heavy atom. The average Bonchev–Trinajstić information content (AvgIpc) is 3.01. The Labute approximate surface area is 138 Å². The minimum absolute atomic E-state index is 0.166. The zero-order chi connectivity index (χ0) is 16.5. The van der Waals surface area contributed by atoms with Gasteiger partial charge < -0.3 is 15.4 Å². The summed E-state index contributed by atoms with van der Waals surface area (Å²) in [4.78, 5) is 23.6. The molecule has 1 heterocycles. The number of hydrogen-bond acceptors (Lipinski definition) is 6. The number of nitrogens with zero attached hydrogens (tertiary/aromatic N) is 2. The Morgan fingerprint density at radius 1 is 1.22 bits per heavy atom. The number of anilines is 1. The van der Waals surface area contributed by atoms with Gasteiger partial charge in [-0.05, 0) is 19.1 Å². The third kappa shape index (κ3) is 5.76. The minimum atomic E-state index is -0.225. The molecule has 0 bridgehead atoms. The van der Waals surface area contributed by atoms with E-state index < -0.39 is 0 Å². The topological polar surface area (TPSA) is 93.2 Å². The molecule has 8 heteroatoms. The van der Waals surface area contributed by atoms with Gasteiger partial charge in [-0.1, -0.05) is 29.5 Å². The third-order valence-electron chi connectivity index (χ3n) is 2.82. The van der Waals surface area contributed by atoms with Crippen molar-refractivity contribution in [3.05, 3.63) is 40.9 Å². The Bertz CT molecular complexity index is 645. The van der Waals surface area contributed by atoms with Crippen molar-refractivity contribution in [1.82, 2.24) is 15.5 Å². The maximum Gasteiger partial charge on any atom is 0.251 e. The third-order valence-corrected chi connectivity index (χ3v) is 3.63. The van der Waals surface area contributed by atoms with Gasteiger partial charge in [-0.25, -0.2) is 0 Å². The van der Waals surface area contributed by atoms with Gasteiger partial charge in [-0.2, -0.15) is 0 Å². The average molecular weight is 334 g/mol. The lowest BCUT2D eigenvalue weighted by Crippen LogP contribution is -2.27. The fraction of sp³-hybridized carbons (Fsp3) is 0.333. The minimum Gasteiger partial charge on any atom is -0.374 e. The Hall–Kier alpha value is -2.32.